The number of anilines is 1. The van der Waals surface area contributed by atoms with E-state index in [1.807, 2.05) is 30.3 Å². The maximum absolute atomic E-state index is 14.7. The fourth-order valence-corrected chi connectivity index (χ4v) is 7.81. The van der Waals surface area contributed by atoms with Crippen molar-refractivity contribution in [2.75, 3.05) is 25.1 Å². The van der Waals surface area contributed by atoms with E-state index in [-0.39, 0.29) is 41.2 Å². The number of sulfonamides is 1. The largest absolute Gasteiger partial charge is 0.493 e. The molecule has 1 aliphatic carbocycles. The Balaban J connectivity index is 1.58. The van der Waals surface area contributed by atoms with Gasteiger partial charge < -0.3 is 19.7 Å². The van der Waals surface area contributed by atoms with Gasteiger partial charge in [-0.2, -0.15) is 0 Å². The summed E-state index contributed by atoms with van der Waals surface area (Å²) in [6.07, 6.45) is 4.97. The van der Waals surface area contributed by atoms with Crippen molar-refractivity contribution in [1.29, 1.82) is 0 Å². The van der Waals surface area contributed by atoms with Crippen LogP contribution in [0.3, 0.4) is 0 Å². The number of benzene rings is 4. The van der Waals surface area contributed by atoms with Crippen LogP contribution in [0.15, 0.2) is 102 Å². The minimum Gasteiger partial charge on any atom is -0.493 e. The Hall–Kier alpha value is -4.61. The maximum Gasteiger partial charge on any atom is 0.264 e. The minimum absolute atomic E-state index is 0.0252. The van der Waals surface area contributed by atoms with E-state index in [0.29, 0.717) is 16.3 Å². The molecule has 4 aromatic rings. The van der Waals surface area contributed by atoms with Crippen LogP contribution >= 0.6 is 11.6 Å². The summed E-state index contributed by atoms with van der Waals surface area (Å²) in [4.78, 5) is 30.2. The number of nitrogens with one attached hydrogen (secondary N) is 1. The van der Waals surface area contributed by atoms with Gasteiger partial charge in [-0.1, -0.05) is 73.3 Å². The molecule has 1 saturated carbocycles. The molecule has 50 heavy (non-hydrogen) atoms. The molecule has 0 heterocycles. The average Bonchev–Trinajstić information content (AvgIpc) is 3.12. The second-order valence-electron chi connectivity index (χ2n) is 12.2. The smallest absolute Gasteiger partial charge is 0.264 e. The molecule has 264 valence electrons. The van der Waals surface area contributed by atoms with Crippen molar-refractivity contribution in [2.24, 2.45) is 0 Å². The highest BCUT2D eigenvalue weighted by Crippen LogP contribution is 2.33. The normalized spacial score (nSPS) is 14.0. The van der Waals surface area contributed by atoms with Crippen molar-refractivity contribution < 1.29 is 31.9 Å². The second kappa shape index (κ2) is 16.9. The summed E-state index contributed by atoms with van der Waals surface area (Å²) in [5.74, 6) is -1.06. The van der Waals surface area contributed by atoms with Crippen molar-refractivity contribution in [2.45, 2.75) is 62.0 Å². The van der Waals surface area contributed by atoms with Gasteiger partial charge in [0, 0.05) is 30.1 Å². The van der Waals surface area contributed by atoms with Crippen molar-refractivity contribution in [3.8, 4) is 11.5 Å². The van der Waals surface area contributed by atoms with Gasteiger partial charge in [0.15, 0.2) is 11.5 Å². The summed E-state index contributed by atoms with van der Waals surface area (Å²) in [6.45, 7) is -0.715. The molecular formula is C38H41ClFN3O6S. The van der Waals surface area contributed by atoms with Crippen LogP contribution in [-0.4, -0.2) is 58.0 Å². The SMILES string of the molecule is COc1ccc(S(=O)(=O)N(CC(=O)N(Cc2cccc(Cl)c2)[C@H](Cc2ccccc2)C(=O)NC2CCCCC2)c2ccc(F)cc2)cc1OC. The Morgan fingerprint density at radius 3 is 2.20 bits per heavy atom. The van der Waals surface area contributed by atoms with Gasteiger partial charge in [-0.3, -0.25) is 13.9 Å². The second-order valence-corrected chi connectivity index (χ2v) is 14.5. The van der Waals surface area contributed by atoms with Gasteiger partial charge in [0.25, 0.3) is 10.0 Å². The zero-order valence-corrected chi connectivity index (χ0v) is 29.6. The summed E-state index contributed by atoms with van der Waals surface area (Å²) in [7, 11) is -1.64. The molecule has 0 saturated heterocycles. The first-order chi connectivity index (χ1) is 24.1. The van der Waals surface area contributed by atoms with E-state index in [9.17, 15) is 22.4 Å². The van der Waals surface area contributed by atoms with E-state index in [0.717, 1.165) is 54.1 Å². The van der Waals surface area contributed by atoms with Crippen LogP contribution in [-0.2, 0) is 32.6 Å². The number of hydrogen-bond donors (Lipinski definition) is 1. The van der Waals surface area contributed by atoms with Crippen LogP contribution in [0.25, 0.3) is 0 Å². The number of hydrogen-bond acceptors (Lipinski definition) is 6. The van der Waals surface area contributed by atoms with E-state index in [1.165, 1.54) is 49.5 Å². The quantitative estimate of drug-likeness (QED) is 0.154. The summed E-state index contributed by atoms with van der Waals surface area (Å²) in [5, 5.41) is 3.63. The third-order valence-electron chi connectivity index (χ3n) is 8.80. The lowest BCUT2D eigenvalue weighted by Gasteiger charge is -2.35. The van der Waals surface area contributed by atoms with Gasteiger partial charge >= 0.3 is 0 Å². The lowest BCUT2D eigenvalue weighted by molar-refractivity contribution is -0.140. The van der Waals surface area contributed by atoms with E-state index in [1.54, 1.807) is 24.3 Å². The number of carbonyl (C=O) groups is 2. The Bertz CT molecular complexity index is 1870. The molecule has 0 aromatic heterocycles. The van der Waals surface area contributed by atoms with Crippen LogP contribution in [0, 0.1) is 5.82 Å². The number of ether oxygens (including phenoxy) is 2. The van der Waals surface area contributed by atoms with Crippen molar-refractivity contribution >= 4 is 39.1 Å². The number of rotatable bonds is 14. The predicted molar refractivity (Wildman–Crippen MR) is 191 cm³/mol. The van der Waals surface area contributed by atoms with Crippen molar-refractivity contribution in [3.05, 3.63) is 119 Å². The minimum atomic E-state index is -4.45. The van der Waals surface area contributed by atoms with E-state index < -0.39 is 34.3 Å². The van der Waals surface area contributed by atoms with Gasteiger partial charge in [0.2, 0.25) is 11.8 Å². The monoisotopic (exact) mass is 721 g/mol. The number of methoxy groups -OCH3 is 2. The average molecular weight is 722 g/mol. The summed E-state index contributed by atoms with van der Waals surface area (Å²) >= 11 is 6.34. The van der Waals surface area contributed by atoms with Crippen LogP contribution in [0.2, 0.25) is 5.02 Å². The molecule has 1 atom stereocenters. The van der Waals surface area contributed by atoms with Gasteiger partial charge in [-0.25, -0.2) is 12.8 Å². The molecule has 4 aromatic carbocycles. The molecule has 0 spiro atoms. The Morgan fingerprint density at radius 1 is 0.860 bits per heavy atom. The van der Waals surface area contributed by atoms with Crippen LogP contribution in [0.5, 0.6) is 11.5 Å². The van der Waals surface area contributed by atoms with E-state index in [2.05, 4.69) is 5.32 Å². The van der Waals surface area contributed by atoms with Crippen molar-refractivity contribution in [1.82, 2.24) is 10.2 Å². The molecule has 9 nitrogen and oxygen atoms in total. The highest BCUT2D eigenvalue weighted by atomic mass is 35.5. The highest BCUT2D eigenvalue weighted by molar-refractivity contribution is 7.92. The lowest BCUT2D eigenvalue weighted by Crippen LogP contribution is -2.55. The Morgan fingerprint density at radius 2 is 1.54 bits per heavy atom. The summed E-state index contributed by atoms with van der Waals surface area (Å²) in [6, 6.07) is 24.2. The van der Waals surface area contributed by atoms with Gasteiger partial charge in [-0.15, -0.1) is 0 Å². The number of nitrogens with zero attached hydrogens (tertiary/aromatic N) is 2. The molecule has 1 N–H and O–H groups in total. The zero-order valence-electron chi connectivity index (χ0n) is 28.1. The van der Waals surface area contributed by atoms with Crippen LogP contribution < -0.4 is 19.1 Å². The zero-order chi connectivity index (χ0) is 35.7. The molecule has 0 radical (unpaired) electrons. The van der Waals surface area contributed by atoms with Crippen molar-refractivity contribution in [3.63, 3.8) is 0 Å². The first-order valence-electron chi connectivity index (χ1n) is 16.5. The molecule has 2 amide bonds. The summed E-state index contributed by atoms with van der Waals surface area (Å²) < 4.78 is 54.4. The third-order valence-corrected chi connectivity index (χ3v) is 10.8. The molecular weight excluding hydrogens is 681 g/mol. The number of amides is 2. The van der Waals surface area contributed by atoms with Crippen LogP contribution in [0.1, 0.15) is 43.2 Å². The molecule has 1 fully saturated rings. The Labute approximate surface area is 298 Å². The molecule has 0 bridgehead atoms. The lowest BCUT2D eigenvalue weighted by atomic mass is 9.94. The fraction of sp³-hybridized carbons (Fsp3) is 0.316. The molecule has 1 aliphatic rings. The third kappa shape index (κ3) is 9.13. The predicted octanol–water partition coefficient (Wildman–Crippen LogP) is 6.78. The first kappa shape index (κ1) is 36.7. The number of carbonyl (C=O) groups excluding carboxylic acids is 2. The van der Waals surface area contributed by atoms with Gasteiger partial charge in [0.05, 0.1) is 24.8 Å². The van der Waals surface area contributed by atoms with Gasteiger partial charge in [-0.05, 0) is 72.5 Å². The standard InChI is InChI=1S/C38H41ClFN3O6S/c1-48-35-21-20-33(24-36(35)49-2)50(46,47)43(32-18-16-30(40)17-19-32)26-37(44)42(25-28-12-9-13-29(39)22-28)34(23-27-10-5-3-6-11-27)38(45)41-31-14-7-4-8-15-31/h3,5-6,9-13,16-22,24,31,34H,4,7-8,14-15,23,25-26H2,1-2H3,(H,41,45)/t34-/m1/s1. The fourth-order valence-electron chi connectivity index (χ4n) is 6.17. The molecule has 12 heteroatoms. The molecule has 0 aliphatic heterocycles. The molecule has 5 rings (SSSR count). The van der Waals surface area contributed by atoms with Crippen LogP contribution in [0.4, 0.5) is 10.1 Å². The topological polar surface area (TPSA) is 105 Å². The Kier molecular flexibility index (Phi) is 12.4. The number of halogens is 2. The van der Waals surface area contributed by atoms with E-state index in [4.69, 9.17) is 21.1 Å². The first-order valence-corrected chi connectivity index (χ1v) is 18.3. The van der Waals surface area contributed by atoms with E-state index >= 15 is 0 Å². The highest BCUT2D eigenvalue weighted by Gasteiger charge is 2.36. The summed E-state index contributed by atoms with van der Waals surface area (Å²) in [5.41, 5.74) is 1.54. The maximum atomic E-state index is 14.7. The van der Waals surface area contributed by atoms with Gasteiger partial charge in [0.1, 0.15) is 18.4 Å². The molecule has 0 unspecified atom stereocenters.